The second-order valence-electron chi connectivity index (χ2n) is 7.04. The van der Waals surface area contributed by atoms with E-state index in [1.807, 2.05) is 12.1 Å². The number of aryl methyl sites for hydroxylation is 1. The van der Waals surface area contributed by atoms with Gasteiger partial charge in [0, 0.05) is 46.7 Å². The Morgan fingerprint density at radius 3 is 2.68 bits per heavy atom. The van der Waals surface area contributed by atoms with Crippen molar-refractivity contribution < 1.29 is 14.3 Å². The minimum absolute atomic E-state index is 0.0349. The molecule has 6 nitrogen and oxygen atoms in total. The number of carbonyl (C=O) groups is 2. The smallest absolute Gasteiger partial charge is 0.248 e. The van der Waals surface area contributed by atoms with Gasteiger partial charge in [-0.05, 0) is 49.8 Å². The molecule has 2 heterocycles. The summed E-state index contributed by atoms with van der Waals surface area (Å²) in [5.41, 5.74) is 0.739. The number of amides is 2. The van der Waals surface area contributed by atoms with E-state index in [4.69, 9.17) is 4.74 Å². The number of carbonyl (C=O) groups excluding carboxylic acids is 2. The van der Waals surface area contributed by atoms with Crippen LogP contribution in [0.15, 0.2) is 24.5 Å². The third-order valence-electron chi connectivity index (χ3n) is 4.93. The number of hydrogen-bond donors (Lipinski definition) is 0. The first-order valence-corrected chi connectivity index (χ1v) is 8.86. The Morgan fingerprint density at radius 2 is 2.04 bits per heavy atom. The molecule has 1 saturated heterocycles. The predicted octanol–water partition coefficient (Wildman–Crippen LogP) is 1.75. The number of pyridine rings is 1. The van der Waals surface area contributed by atoms with E-state index >= 15 is 0 Å². The van der Waals surface area contributed by atoms with E-state index in [9.17, 15) is 9.59 Å². The van der Waals surface area contributed by atoms with E-state index in [1.165, 1.54) is 12.7 Å². The quantitative estimate of drug-likeness (QED) is 0.754. The molecule has 1 fully saturated rings. The molecule has 1 aliphatic heterocycles. The summed E-state index contributed by atoms with van der Waals surface area (Å²) in [6.07, 6.45) is 7.88. The minimum atomic E-state index is -0.488. The molecule has 0 N–H and O–H groups in total. The monoisotopic (exact) mass is 347 g/mol. The first-order valence-electron chi connectivity index (χ1n) is 8.86. The van der Waals surface area contributed by atoms with E-state index in [0.717, 1.165) is 32.1 Å². The SMILES string of the molecule is COCC(=O)N1CCC[C@@](CCCc2ccncc2)(C(=O)N(C)C)C1. The Morgan fingerprint density at radius 1 is 1.32 bits per heavy atom. The molecular formula is C19H29N3O3. The maximum Gasteiger partial charge on any atom is 0.248 e. The number of ether oxygens (including phenoxy) is 1. The summed E-state index contributed by atoms with van der Waals surface area (Å²) in [5, 5.41) is 0. The zero-order valence-corrected chi connectivity index (χ0v) is 15.5. The zero-order chi connectivity index (χ0) is 18.3. The highest BCUT2D eigenvalue weighted by Crippen LogP contribution is 2.37. The number of methoxy groups -OCH3 is 1. The van der Waals surface area contributed by atoms with Crippen molar-refractivity contribution in [1.82, 2.24) is 14.8 Å². The van der Waals surface area contributed by atoms with Gasteiger partial charge in [-0.25, -0.2) is 0 Å². The van der Waals surface area contributed by atoms with Crippen LogP contribution in [0.4, 0.5) is 0 Å². The molecule has 1 atom stereocenters. The predicted molar refractivity (Wildman–Crippen MR) is 96.0 cm³/mol. The number of aromatic nitrogens is 1. The zero-order valence-electron chi connectivity index (χ0n) is 15.5. The standard InChI is InChI=1S/C19H29N3O3/c1-21(2)18(24)19(9-4-6-16-7-11-20-12-8-16)10-5-13-22(15-19)17(23)14-25-3/h7-8,11-12H,4-6,9-10,13-15H2,1-3H3/t19-/m1/s1. The molecule has 0 spiro atoms. The van der Waals surface area contributed by atoms with Gasteiger partial charge in [-0.15, -0.1) is 0 Å². The summed E-state index contributed by atoms with van der Waals surface area (Å²) in [4.78, 5) is 32.7. The van der Waals surface area contributed by atoms with Crippen molar-refractivity contribution in [2.24, 2.45) is 5.41 Å². The van der Waals surface area contributed by atoms with E-state index in [-0.39, 0.29) is 18.4 Å². The van der Waals surface area contributed by atoms with Crippen LogP contribution in [0.2, 0.25) is 0 Å². The fraction of sp³-hybridized carbons (Fsp3) is 0.632. The molecule has 2 rings (SSSR count). The van der Waals surface area contributed by atoms with Gasteiger partial charge in [0.2, 0.25) is 11.8 Å². The lowest BCUT2D eigenvalue weighted by Crippen LogP contribution is -2.53. The lowest BCUT2D eigenvalue weighted by molar-refractivity contribution is -0.149. The van der Waals surface area contributed by atoms with Crippen LogP contribution in [-0.4, -0.2) is 67.5 Å². The minimum Gasteiger partial charge on any atom is -0.375 e. The molecule has 1 aromatic rings. The average Bonchev–Trinajstić information content (AvgIpc) is 2.62. The highest BCUT2D eigenvalue weighted by molar-refractivity contribution is 5.84. The van der Waals surface area contributed by atoms with E-state index in [0.29, 0.717) is 13.1 Å². The van der Waals surface area contributed by atoms with Crippen LogP contribution in [0.1, 0.15) is 31.2 Å². The molecule has 0 unspecified atom stereocenters. The maximum atomic E-state index is 12.9. The lowest BCUT2D eigenvalue weighted by atomic mass is 9.74. The number of hydrogen-bond acceptors (Lipinski definition) is 4. The highest BCUT2D eigenvalue weighted by atomic mass is 16.5. The topological polar surface area (TPSA) is 62.7 Å². The van der Waals surface area contributed by atoms with E-state index in [2.05, 4.69) is 4.98 Å². The number of nitrogens with zero attached hydrogens (tertiary/aromatic N) is 3. The Bertz CT molecular complexity index is 577. The Kier molecular flexibility index (Phi) is 6.93. The van der Waals surface area contributed by atoms with E-state index in [1.54, 1.807) is 36.3 Å². The van der Waals surface area contributed by atoms with Crippen molar-refractivity contribution in [3.05, 3.63) is 30.1 Å². The van der Waals surface area contributed by atoms with Crippen LogP contribution in [-0.2, 0) is 20.7 Å². The Hall–Kier alpha value is -1.95. The van der Waals surface area contributed by atoms with Crippen LogP contribution in [0, 0.1) is 5.41 Å². The number of likely N-dealkylation sites (tertiary alicyclic amines) is 1. The van der Waals surface area contributed by atoms with Gasteiger partial charge in [-0.3, -0.25) is 14.6 Å². The fourth-order valence-corrected chi connectivity index (χ4v) is 3.70. The summed E-state index contributed by atoms with van der Waals surface area (Å²) >= 11 is 0. The van der Waals surface area contributed by atoms with E-state index < -0.39 is 5.41 Å². The summed E-state index contributed by atoms with van der Waals surface area (Å²) < 4.78 is 4.98. The molecule has 2 amide bonds. The van der Waals surface area contributed by atoms with Gasteiger partial charge in [0.05, 0.1) is 5.41 Å². The summed E-state index contributed by atoms with van der Waals surface area (Å²) in [6.45, 7) is 1.26. The van der Waals surface area contributed by atoms with Crippen molar-refractivity contribution in [1.29, 1.82) is 0 Å². The van der Waals surface area contributed by atoms with Crippen LogP contribution in [0.3, 0.4) is 0 Å². The molecule has 0 saturated carbocycles. The second kappa shape index (κ2) is 8.94. The summed E-state index contributed by atoms with van der Waals surface area (Å²) in [7, 11) is 5.11. The molecular weight excluding hydrogens is 318 g/mol. The molecule has 25 heavy (non-hydrogen) atoms. The van der Waals surface area contributed by atoms with Gasteiger partial charge in [-0.1, -0.05) is 0 Å². The third kappa shape index (κ3) is 5.01. The molecule has 0 bridgehead atoms. The summed E-state index contributed by atoms with van der Waals surface area (Å²) in [6, 6.07) is 4.02. The fourth-order valence-electron chi connectivity index (χ4n) is 3.70. The Labute approximate surface area is 150 Å². The van der Waals surface area contributed by atoms with Crippen molar-refractivity contribution >= 4 is 11.8 Å². The van der Waals surface area contributed by atoms with Crippen molar-refractivity contribution in [2.45, 2.75) is 32.1 Å². The van der Waals surface area contributed by atoms with Gasteiger partial charge in [0.15, 0.2) is 0 Å². The maximum absolute atomic E-state index is 12.9. The van der Waals surface area contributed by atoms with Crippen molar-refractivity contribution in [3.63, 3.8) is 0 Å². The summed E-state index contributed by atoms with van der Waals surface area (Å²) in [5.74, 6) is 0.0874. The van der Waals surface area contributed by atoms with Crippen LogP contribution in [0.5, 0.6) is 0 Å². The van der Waals surface area contributed by atoms with Gasteiger partial charge in [-0.2, -0.15) is 0 Å². The first-order chi connectivity index (χ1) is 12.0. The van der Waals surface area contributed by atoms with Crippen LogP contribution < -0.4 is 0 Å². The normalized spacial score (nSPS) is 20.4. The highest BCUT2D eigenvalue weighted by Gasteiger charge is 2.43. The second-order valence-corrected chi connectivity index (χ2v) is 7.04. The first kappa shape index (κ1) is 19.4. The molecule has 0 aromatic carbocycles. The van der Waals surface area contributed by atoms with Crippen molar-refractivity contribution in [3.8, 4) is 0 Å². The largest absolute Gasteiger partial charge is 0.375 e. The number of piperidine rings is 1. The van der Waals surface area contributed by atoms with Crippen LogP contribution in [0.25, 0.3) is 0 Å². The molecule has 1 aromatic heterocycles. The molecule has 1 aliphatic rings. The van der Waals surface area contributed by atoms with Crippen LogP contribution >= 0.6 is 0 Å². The molecule has 0 aliphatic carbocycles. The third-order valence-corrected chi connectivity index (χ3v) is 4.93. The molecule has 138 valence electrons. The molecule has 6 heteroatoms. The lowest BCUT2D eigenvalue weighted by Gasteiger charge is -2.43. The number of rotatable bonds is 7. The van der Waals surface area contributed by atoms with Gasteiger partial charge >= 0.3 is 0 Å². The van der Waals surface area contributed by atoms with Gasteiger partial charge < -0.3 is 14.5 Å². The van der Waals surface area contributed by atoms with Crippen molar-refractivity contribution in [2.75, 3.05) is 40.9 Å². The molecule has 0 radical (unpaired) electrons. The van der Waals surface area contributed by atoms with Gasteiger partial charge in [0.1, 0.15) is 6.61 Å². The average molecular weight is 347 g/mol. The van der Waals surface area contributed by atoms with Gasteiger partial charge in [0.25, 0.3) is 0 Å². The Balaban J connectivity index is 2.08.